The number of hydrogen-bond acceptors (Lipinski definition) is 3. The van der Waals surface area contributed by atoms with E-state index in [2.05, 4.69) is 17.1 Å². The van der Waals surface area contributed by atoms with Gasteiger partial charge in [-0.2, -0.15) is 0 Å². The zero-order valence-electron chi connectivity index (χ0n) is 14.7. The Labute approximate surface area is 139 Å². The second-order valence-electron chi connectivity index (χ2n) is 7.62. The Balaban J connectivity index is 1.82. The van der Waals surface area contributed by atoms with Gasteiger partial charge in [0.05, 0.1) is 11.2 Å². The first kappa shape index (κ1) is 16.7. The van der Waals surface area contributed by atoms with Crippen LogP contribution < -0.4 is 5.32 Å². The Kier molecular flexibility index (Phi) is 4.68. The Bertz CT molecular complexity index is 463. The van der Waals surface area contributed by atoms with Gasteiger partial charge in [0.2, 0.25) is 11.8 Å². The van der Waals surface area contributed by atoms with Gasteiger partial charge in [-0.05, 0) is 19.3 Å². The molecule has 0 bridgehead atoms. The third-order valence-corrected chi connectivity index (χ3v) is 6.12. The minimum atomic E-state index is -0.315. The lowest BCUT2D eigenvalue weighted by Gasteiger charge is -2.45. The molecule has 0 aromatic rings. The maximum Gasteiger partial charge on any atom is 0.244 e. The highest BCUT2D eigenvalue weighted by Gasteiger charge is 2.58. The first-order valence-electron chi connectivity index (χ1n) is 9.40. The van der Waals surface area contributed by atoms with Gasteiger partial charge >= 0.3 is 0 Å². The fraction of sp³-hybridized carbons (Fsp3) is 0.889. The number of hydrogen-bond donors (Lipinski definition) is 1. The maximum atomic E-state index is 13.3. The third kappa shape index (κ3) is 2.88. The minimum Gasteiger partial charge on any atom is -0.343 e. The number of amides is 2. The first-order chi connectivity index (χ1) is 11.0. The van der Waals surface area contributed by atoms with Crippen LogP contribution in [0, 0.1) is 0 Å². The van der Waals surface area contributed by atoms with E-state index in [4.69, 9.17) is 0 Å². The zero-order chi connectivity index (χ0) is 16.5. The highest BCUT2D eigenvalue weighted by atomic mass is 16.2. The van der Waals surface area contributed by atoms with Crippen molar-refractivity contribution in [1.29, 1.82) is 0 Å². The van der Waals surface area contributed by atoms with Crippen LogP contribution in [0.5, 0.6) is 0 Å². The Morgan fingerprint density at radius 3 is 2.35 bits per heavy atom. The quantitative estimate of drug-likeness (QED) is 0.867. The molecule has 5 heteroatoms. The number of likely N-dealkylation sites (tertiary alicyclic amines) is 1. The van der Waals surface area contributed by atoms with Crippen molar-refractivity contribution < 1.29 is 9.59 Å². The molecule has 0 atom stereocenters. The van der Waals surface area contributed by atoms with E-state index in [1.165, 1.54) is 6.42 Å². The van der Waals surface area contributed by atoms with Gasteiger partial charge in [-0.1, -0.05) is 32.6 Å². The largest absolute Gasteiger partial charge is 0.343 e. The molecule has 5 nitrogen and oxygen atoms in total. The van der Waals surface area contributed by atoms with E-state index in [-0.39, 0.29) is 17.1 Å². The number of carbonyl (C=O) groups excluding carboxylic acids is 2. The SMILES string of the molecule is CCCCN1C(=O)C2(CCCCC2)NC12CCN(C(C)=O)CC2. The molecule has 130 valence electrons. The zero-order valence-corrected chi connectivity index (χ0v) is 14.7. The fourth-order valence-corrected chi connectivity index (χ4v) is 4.73. The van der Waals surface area contributed by atoms with Crippen molar-refractivity contribution in [2.45, 2.75) is 82.8 Å². The third-order valence-electron chi connectivity index (χ3n) is 6.12. The van der Waals surface area contributed by atoms with Crippen LogP contribution in [0.1, 0.15) is 71.6 Å². The standard InChI is InChI=1S/C18H31N3O2/c1-3-4-12-21-16(23)17(8-6-5-7-9-17)19-18(21)10-13-20(14-11-18)15(2)22/h19H,3-14H2,1-2H3. The Hall–Kier alpha value is -1.10. The Morgan fingerprint density at radius 1 is 1.13 bits per heavy atom. The molecule has 1 saturated carbocycles. The lowest BCUT2D eigenvalue weighted by atomic mass is 9.81. The molecule has 0 aromatic heterocycles. The summed E-state index contributed by atoms with van der Waals surface area (Å²) in [6.45, 7) is 6.19. The molecule has 2 aliphatic heterocycles. The van der Waals surface area contributed by atoms with Crippen LogP contribution in [0.3, 0.4) is 0 Å². The summed E-state index contributed by atoms with van der Waals surface area (Å²) in [5.74, 6) is 0.485. The molecule has 2 spiro atoms. The van der Waals surface area contributed by atoms with E-state index in [0.29, 0.717) is 5.91 Å². The molecule has 0 radical (unpaired) electrons. The summed E-state index contributed by atoms with van der Waals surface area (Å²) in [5, 5.41) is 3.83. The summed E-state index contributed by atoms with van der Waals surface area (Å²) in [6.07, 6.45) is 9.39. The van der Waals surface area contributed by atoms with Crippen LogP contribution in [-0.4, -0.2) is 52.5 Å². The monoisotopic (exact) mass is 321 g/mol. The van der Waals surface area contributed by atoms with E-state index in [1.807, 2.05) is 4.90 Å². The predicted octanol–water partition coefficient (Wildman–Crippen LogP) is 2.26. The molecule has 3 fully saturated rings. The van der Waals surface area contributed by atoms with Gasteiger partial charge in [0.1, 0.15) is 0 Å². The molecule has 1 N–H and O–H groups in total. The van der Waals surface area contributed by atoms with E-state index in [0.717, 1.165) is 71.0 Å². The predicted molar refractivity (Wildman–Crippen MR) is 89.8 cm³/mol. The molecule has 3 aliphatic rings. The van der Waals surface area contributed by atoms with Crippen molar-refractivity contribution in [3.8, 4) is 0 Å². The molecule has 2 heterocycles. The van der Waals surface area contributed by atoms with Gasteiger partial charge in [0.25, 0.3) is 0 Å². The van der Waals surface area contributed by atoms with Gasteiger partial charge in [-0.15, -0.1) is 0 Å². The summed E-state index contributed by atoms with van der Waals surface area (Å²) in [5.41, 5.74) is -0.528. The van der Waals surface area contributed by atoms with Gasteiger partial charge in [-0.3, -0.25) is 14.9 Å². The summed E-state index contributed by atoms with van der Waals surface area (Å²) < 4.78 is 0. The molecular weight excluding hydrogens is 290 g/mol. The van der Waals surface area contributed by atoms with E-state index in [1.54, 1.807) is 6.92 Å². The van der Waals surface area contributed by atoms with Gasteiger partial charge in [0, 0.05) is 39.4 Å². The minimum absolute atomic E-state index is 0.150. The highest BCUT2D eigenvalue weighted by Crippen LogP contribution is 2.42. The number of nitrogens with one attached hydrogen (secondary N) is 1. The molecule has 0 unspecified atom stereocenters. The molecule has 2 saturated heterocycles. The summed E-state index contributed by atoms with van der Waals surface area (Å²) in [7, 11) is 0. The maximum absolute atomic E-state index is 13.3. The van der Waals surface area contributed by atoms with E-state index in [9.17, 15) is 9.59 Å². The highest BCUT2D eigenvalue weighted by molar-refractivity contribution is 5.90. The average Bonchev–Trinajstić information content (AvgIpc) is 2.75. The smallest absolute Gasteiger partial charge is 0.244 e. The van der Waals surface area contributed by atoms with Crippen LogP contribution in [0.2, 0.25) is 0 Å². The van der Waals surface area contributed by atoms with Crippen molar-refractivity contribution >= 4 is 11.8 Å². The van der Waals surface area contributed by atoms with Crippen molar-refractivity contribution in [2.24, 2.45) is 0 Å². The normalized spacial score (nSPS) is 26.3. The molecular formula is C18H31N3O2. The number of rotatable bonds is 3. The van der Waals surface area contributed by atoms with E-state index >= 15 is 0 Å². The van der Waals surface area contributed by atoms with Crippen LogP contribution in [0.25, 0.3) is 0 Å². The molecule has 2 amide bonds. The van der Waals surface area contributed by atoms with Gasteiger partial charge in [-0.25, -0.2) is 0 Å². The number of unbranched alkanes of at least 4 members (excludes halogenated alkanes) is 1. The van der Waals surface area contributed by atoms with Crippen LogP contribution in [0.15, 0.2) is 0 Å². The Morgan fingerprint density at radius 2 is 1.78 bits per heavy atom. The molecule has 23 heavy (non-hydrogen) atoms. The summed E-state index contributed by atoms with van der Waals surface area (Å²) in [6, 6.07) is 0. The summed E-state index contributed by atoms with van der Waals surface area (Å²) in [4.78, 5) is 29.0. The van der Waals surface area contributed by atoms with E-state index < -0.39 is 0 Å². The lowest BCUT2D eigenvalue weighted by molar-refractivity contribution is -0.138. The number of nitrogens with zero attached hydrogens (tertiary/aromatic N) is 2. The molecule has 1 aliphatic carbocycles. The number of carbonyl (C=O) groups is 2. The topological polar surface area (TPSA) is 52.7 Å². The molecule has 3 rings (SSSR count). The van der Waals surface area contributed by atoms with Crippen molar-refractivity contribution in [3.05, 3.63) is 0 Å². The summed E-state index contributed by atoms with van der Waals surface area (Å²) >= 11 is 0. The van der Waals surface area contributed by atoms with Gasteiger partial charge in [0.15, 0.2) is 0 Å². The lowest BCUT2D eigenvalue weighted by Crippen LogP contribution is -2.60. The van der Waals surface area contributed by atoms with Crippen molar-refractivity contribution in [1.82, 2.24) is 15.1 Å². The first-order valence-corrected chi connectivity index (χ1v) is 9.40. The second kappa shape index (κ2) is 6.42. The average molecular weight is 321 g/mol. The molecule has 0 aromatic carbocycles. The van der Waals surface area contributed by atoms with Crippen molar-refractivity contribution in [2.75, 3.05) is 19.6 Å². The fourth-order valence-electron chi connectivity index (χ4n) is 4.73. The van der Waals surface area contributed by atoms with Gasteiger partial charge < -0.3 is 9.80 Å². The number of piperidine rings is 1. The van der Waals surface area contributed by atoms with Crippen LogP contribution >= 0.6 is 0 Å². The van der Waals surface area contributed by atoms with Crippen LogP contribution in [0.4, 0.5) is 0 Å². The van der Waals surface area contributed by atoms with Crippen molar-refractivity contribution in [3.63, 3.8) is 0 Å². The second-order valence-corrected chi connectivity index (χ2v) is 7.62. The van der Waals surface area contributed by atoms with Crippen LogP contribution in [-0.2, 0) is 9.59 Å².